The lowest BCUT2D eigenvalue weighted by molar-refractivity contribution is -0.141. The molecule has 5 aromatic rings. The van der Waals surface area contributed by atoms with Crippen LogP contribution < -0.4 is 0 Å². The molecule has 152 valence electrons. The van der Waals surface area contributed by atoms with Crippen LogP contribution in [0.1, 0.15) is 11.4 Å². The van der Waals surface area contributed by atoms with E-state index < -0.39 is 11.9 Å². The van der Waals surface area contributed by atoms with Crippen LogP contribution in [-0.2, 0) is 13.2 Å². The van der Waals surface area contributed by atoms with Gasteiger partial charge in [0.15, 0.2) is 11.5 Å². The summed E-state index contributed by atoms with van der Waals surface area (Å²) in [6, 6.07) is 5.60. The van der Waals surface area contributed by atoms with Gasteiger partial charge in [-0.05, 0) is 19.1 Å². The van der Waals surface area contributed by atoms with Crippen LogP contribution in [0.3, 0.4) is 0 Å². The minimum Gasteiger partial charge on any atom is -0.275 e. The highest BCUT2D eigenvalue weighted by molar-refractivity contribution is 7.19. The van der Waals surface area contributed by atoms with E-state index in [4.69, 9.17) is 0 Å². The number of fused-ring (bicyclic) bond motifs is 1. The van der Waals surface area contributed by atoms with Crippen molar-refractivity contribution in [2.75, 3.05) is 0 Å². The number of rotatable bonds is 3. The number of hydrogen-bond acceptors (Lipinski definition) is 6. The maximum absolute atomic E-state index is 13.6. The average Bonchev–Trinajstić information content (AvgIpc) is 3.44. The number of hydrogen-bond donors (Lipinski definition) is 1. The van der Waals surface area contributed by atoms with Crippen LogP contribution in [0.5, 0.6) is 0 Å². The van der Waals surface area contributed by atoms with Gasteiger partial charge in [0.2, 0.25) is 0 Å². The number of aromatic nitrogens is 8. The molecule has 12 heteroatoms. The molecule has 0 saturated heterocycles. The molecule has 30 heavy (non-hydrogen) atoms. The van der Waals surface area contributed by atoms with Gasteiger partial charge < -0.3 is 0 Å². The van der Waals surface area contributed by atoms with Crippen molar-refractivity contribution in [2.24, 2.45) is 7.05 Å². The number of nitrogens with zero attached hydrogens (tertiary/aromatic N) is 7. The number of aryl methyl sites for hydroxylation is 2. The van der Waals surface area contributed by atoms with Gasteiger partial charge in [-0.25, -0.2) is 14.5 Å². The van der Waals surface area contributed by atoms with E-state index in [0.717, 1.165) is 15.8 Å². The normalized spacial score (nSPS) is 12.2. The third kappa shape index (κ3) is 2.87. The van der Waals surface area contributed by atoms with Gasteiger partial charge in [0.25, 0.3) is 0 Å². The van der Waals surface area contributed by atoms with Gasteiger partial charge in [0.05, 0.1) is 32.9 Å². The Labute approximate surface area is 171 Å². The second-order valence-corrected chi connectivity index (χ2v) is 7.58. The first-order valence-electron chi connectivity index (χ1n) is 8.75. The molecule has 0 atom stereocenters. The highest BCUT2D eigenvalue weighted by Gasteiger charge is 2.39. The zero-order chi connectivity index (χ0) is 21.0. The summed E-state index contributed by atoms with van der Waals surface area (Å²) < 4.78 is 43.7. The van der Waals surface area contributed by atoms with Gasteiger partial charge in [-0.1, -0.05) is 6.07 Å². The fourth-order valence-corrected chi connectivity index (χ4v) is 4.47. The van der Waals surface area contributed by atoms with E-state index >= 15 is 0 Å². The number of pyridine rings is 1. The van der Waals surface area contributed by atoms with Crippen molar-refractivity contribution in [3.05, 3.63) is 48.3 Å². The summed E-state index contributed by atoms with van der Waals surface area (Å²) >= 11 is 1.22. The summed E-state index contributed by atoms with van der Waals surface area (Å²) in [5.74, 6) is 0.333. The minimum absolute atomic E-state index is 0.118. The molecule has 0 spiro atoms. The zero-order valence-electron chi connectivity index (χ0n) is 15.6. The Morgan fingerprint density at radius 3 is 2.73 bits per heavy atom. The van der Waals surface area contributed by atoms with Gasteiger partial charge in [-0.15, -0.1) is 11.3 Å². The number of alkyl halides is 3. The molecule has 0 saturated carbocycles. The summed E-state index contributed by atoms with van der Waals surface area (Å²) in [4.78, 5) is 9.17. The number of nitrogens with one attached hydrogen (secondary N) is 1. The molecular weight excluding hydrogens is 417 g/mol. The Morgan fingerprint density at radius 2 is 2.00 bits per heavy atom. The summed E-state index contributed by atoms with van der Waals surface area (Å²) in [5.41, 5.74) is 1.30. The van der Waals surface area contributed by atoms with E-state index in [-0.39, 0.29) is 11.3 Å². The lowest BCUT2D eigenvalue weighted by Gasteiger charge is -2.05. The molecule has 0 radical (unpaired) electrons. The number of halogens is 3. The van der Waals surface area contributed by atoms with Crippen LogP contribution in [0.15, 0.2) is 36.9 Å². The lowest BCUT2D eigenvalue weighted by atomic mass is 10.1. The molecular formula is C18H13F3N8S. The molecule has 0 fully saturated rings. The summed E-state index contributed by atoms with van der Waals surface area (Å²) in [7, 11) is 1.44. The van der Waals surface area contributed by atoms with E-state index in [1.807, 2.05) is 25.1 Å². The molecule has 5 rings (SSSR count). The standard InChI is InChI=1S/C18H13F3N8S/c1-9-12(11-5-3-4-6-29(11)26-9)17-24-13(14(30-17)16-22-8-23-25-16)10-7-28(2)27-15(10)18(19,20)21/h3-8H,1-2H3,(H,22,23,25). The molecule has 0 bridgehead atoms. The highest BCUT2D eigenvalue weighted by atomic mass is 32.1. The van der Waals surface area contributed by atoms with Crippen LogP contribution in [0, 0.1) is 6.92 Å². The van der Waals surface area contributed by atoms with Crippen LogP contribution in [0.2, 0.25) is 0 Å². The Balaban J connectivity index is 1.79. The Bertz CT molecular complexity index is 1360. The zero-order valence-corrected chi connectivity index (χ0v) is 16.5. The van der Waals surface area contributed by atoms with E-state index in [0.29, 0.717) is 21.4 Å². The van der Waals surface area contributed by atoms with Gasteiger partial charge in [-0.2, -0.15) is 28.5 Å². The SMILES string of the molecule is Cc1nn2ccccc2c1-c1nc(-c2cn(C)nc2C(F)(F)F)c(-c2ncn[nH]2)s1. The summed E-state index contributed by atoms with van der Waals surface area (Å²) in [6.45, 7) is 1.84. The van der Waals surface area contributed by atoms with Gasteiger partial charge in [0, 0.05) is 19.4 Å². The monoisotopic (exact) mass is 430 g/mol. The summed E-state index contributed by atoms with van der Waals surface area (Å²) in [6.07, 6.45) is -0.211. The first kappa shape index (κ1) is 18.5. The second kappa shape index (κ2) is 6.49. The number of thiazole rings is 1. The van der Waals surface area contributed by atoms with Gasteiger partial charge in [0.1, 0.15) is 11.3 Å². The van der Waals surface area contributed by atoms with Gasteiger partial charge in [-0.3, -0.25) is 9.78 Å². The average molecular weight is 430 g/mol. The predicted octanol–water partition coefficient (Wildman–Crippen LogP) is 3.97. The van der Waals surface area contributed by atoms with Crippen molar-refractivity contribution in [3.8, 4) is 32.5 Å². The molecule has 0 aliphatic carbocycles. The summed E-state index contributed by atoms with van der Waals surface area (Å²) in [5, 5.41) is 15.2. The first-order chi connectivity index (χ1) is 14.3. The predicted molar refractivity (Wildman–Crippen MR) is 104 cm³/mol. The third-order valence-corrected chi connectivity index (χ3v) is 5.62. The Kier molecular flexibility index (Phi) is 4.00. The van der Waals surface area contributed by atoms with Crippen molar-refractivity contribution in [3.63, 3.8) is 0 Å². The highest BCUT2D eigenvalue weighted by Crippen LogP contribution is 2.44. The van der Waals surface area contributed by atoms with Crippen LogP contribution in [0.4, 0.5) is 13.2 Å². The molecule has 0 aromatic carbocycles. The maximum Gasteiger partial charge on any atom is 0.435 e. The molecule has 0 amide bonds. The van der Waals surface area contributed by atoms with Crippen LogP contribution in [-0.4, -0.2) is 39.6 Å². The molecule has 0 aliphatic rings. The Hall–Kier alpha value is -3.54. The maximum atomic E-state index is 13.6. The third-order valence-electron chi connectivity index (χ3n) is 4.54. The fourth-order valence-electron chi connectivity index (χ4n) is 3.34. The van der Waals surface area contributed by atoms with Crippen molar-refractivity contribution in [1.29, 1.82) is 0 Å². The van der Waals surface area contributed by atoms with E-state index in [2.05, 4.69) is 30.4 Å². The van der Waals surface area contributed by atoms with Crippen LogP contribution in [0.25, 0.3) is 38.0 Å². The Morgan fingerprint density at radius 1 is 1.17 bits per heavy atom. The fraction of sp³-hybridized carbons (Fsp3) is 0.167. The number of H-pyrrole nitrogens is 1. The second-order valence-electron chi connectivity index (χ2n) is 6.58. The molecule has 5 aromatic heterocycles. The molecule has 0 unspecified atom stereocenters. The first-order valence-corrected chi connectivity index (χ1v) is 9.56. The van der Waals surface area contributed by atoms with Crippen molar-refractivity contribution in [1.82, 2.24) is 39.6 Å². The largest absolute Gasteiger partial charge is 0.435 e. The topological polar surface area (TPSA) is 89.6 Å². The molecule has 1 N–H and O–H groups in total. The van der Waals surface area contributed by atoms with E-state index in [1.54, 1.807) is 10.7 Å². The number of aromatic amines is 1. The molecule has 8 nitrogen and oxygen atoms in total. The molecule has 0 aliphatic heterocycles. The minimum atomic E-state index is -4.63. The van der Waals surface area contributed by atoms with E-state index in [1.165, 1.54) is 30.9 Å². The molecule has 5 heterocycles. The van der Waals surface area contributed by atoms with Crippen molar-refractivity contribution in [2.45, 2.75) is 13.1 Å². The quantitative estimate of drug-likeness (QED) is 0.468. The van der Waals surface area contributed by atoms with Crippen LogP contribution >= 0.6 is 11.3 Å². The lowest BCUT2D eigenvalue weighted by Crippen LogP contribution is -2.08. The smallest absolute Gasteiger partial charge is 0.275 e. The van der Waals surface area contributed by atoms with E-state index in [9.17, 15) is 13.2 Å². The van der Waals surface area contributed by atoms with Gasteiger partial charge >= 0.3 is 6.18 Å². The van der Waals surface area contributed by atoms with Crippen molar-refractivity contribution < 1.29 is 13.2 Å². The van der Waals surface area contributed by atoms with Crippen molar-refractivity contribution >= 4 is 16.9 Å².